The summed E-state index contributed by atoms with van der Waals surface area (Å²) in [4.78, 5) is 11.9. The van der Waals surface area contributed by atoms with Gasteiger partial charge in [0.15, 0.2) is 5.78 Å². The van der Waals surface area contributed by atoms with Gasteiger partial charge in [0.05, 0.1) is 24.5 Å². The summed E-state index contributed by atoms with van der Waals surface area (Å²) in [6.07, 6.45) is 3.22. The number of fused-ring (bicyclic) bond motifs is 2. The minimum Gasteiger partial charge on any atom is -0.464 e. The van der Waals surface area contributed by atoms with Crippen molar-refractivity contribution in [2.45, 2.75) is 32.8 Å². The van der Waals surface area contributed by atoms with E-state index < -0.39 is 0 Å². The molecule has 2 heterocycles. The first kappa shape index (κ1) is 10.8. The highest BCUT2D eigenvalue weighted by atomic mass is 16.5. The van der Waals surface area contributed by atoms with E-state index in [0.29, 0.717) is 18.9 Å². The number of carbonyl (C=O) groups is 1. The van der Waals surface area contributed by atoms with Crippen LogP contribution in [-0.4, -0.2) is 18.5 Å². The Kier molecular flexibility index (Phi) is 2.44. The molecule has 0 N–H and O–H groups in total. The Bertz CT molecular complexity index is 493. The third kappa shape index (κ3) is 1.65. The van der Waals surface area contributed by atoms with E-state index in [-0.39, 0.29) is 11.9 Å². The van der Waals surface area contributed by atoms with Crippen molar-refractivity contribution in [3.63, 3.8) is 0 Å². The monoisotopic (exact) mass is 232 g/mol. The Morgan fingerprint density at radius 1 is 1.41 bits per heavy atom. The summed E-state index contributed by atoms with van der Waals surface area (Å²) in [5.41, 5.74) is 3.03. The molecule has 0 saturated heterocycles. The fraction of sp³-hybridized carbons (Fsp3) is 0.500. The van der Waals surface area contributed by atoms with E-state index in [1.165, 1.54) is 5.57 Å². The molecule has 3 nitrogen and oxygen atoms in total. The van der Waals surface area contributed by atoms with Gasteiger partial charge in [0, 0.05) is 12.0 Å². The molecule has 0 amide bonds. The van der Waals surface area contributed by atoms with E-state index >= 15 is 0 Å². The molecular formula is C14H16O3. The SMILES string of the molecule is CC(C)C1CC2=C(CO1)c1occc1C(=O)C2. The van der Waals surface area contributed by atoms with Crippen molar-refractivity contribution in [3.05, 3.63) is 29.2 Å². The van der Waals surface area contributed by atoms with Crippen LogP contribution >= 0.6 is 0 Å². The number of hydrogen-bond donors (Lipinski definition) is 0. The number of ketones is 1. The second kappa shape index (κ2) is 3.84. The Balaban J connectivity index is 1.99. The van der Waals surface area contributed by atoms with Gasteiger partial charge in [-0.05, 0) is 18.4 Å². The van der Waals surface area contributed by atoms with Crippen LogP contribution in [0.5, 0.6) is 0 Å². The van der Waals surface area contributed by atoms with Crippen molar-refractivity contribution >= 4 is 11.4 Å². The molecule has 3 heteroatoms. The van der Waals surface area contributed by atoms with E-state index in [0.717, 1.165) is 23.3 Å². The fourth-order valence-electron chi connectivity index (χ4n) is 2.60. The zero-order valence-corrected chi connectivity index (χ0v) is 10.2. The predicted octanol–water partition coefficient (Wildman–Crippen LogP) is 3.06. The van der Waals surface area contributed by atoms with Gasteiger partial charge in [-0.2, -0.15) is 0 Å². The lowest BCUT2D eigenvalue weighted by molar-refractivity contribution is 0.0343. The van der Waals surface area contributed by atoms with E-state index in [1.54, 1.807) is 12.3 Å². The lowest BCUT2D eigenvalue weighted by Gasteiger charge is -2.31. The summed E-state index contributed by atoms with van der Waals surface area (Å²) in [5, 5.41) is 0. The van der Waals surface area contributed by atoms with Crippen LogP contribution in [0.3, 0.4) is 0 Å². The van der Waals surface area contributed by atoms with Crippen molar-refractivity contribution in [2.75, 3.05) is 6.61 Å². The molecule has 0 radical (unpaired) electrons. The maximum atomic E-state index is 11.9. The first-order valence-corrected chi connectivity index (χ1v) is 6.10. The Labute approximate surface area is 100 Å². The molecule has 3 rings (SSSR count). The Hall–Kier alpha value is -1.35. The van der Waals surface area contributed by atoms with Crippen LogP contribution in [0.2, 0.25) is 0 Å². The zero-order valence-electron chi connectivity index (χ0n) is 10.2. The second-order valence-corrected chi connectivity index (χ2v) is 5.14. The number of rotatable bonds is 1. The van der Waals surface area contributed by atoms with Gasteiger partial charge in [0.2, 0.25) is 0 Å². The summed E-state index contributed by atoms with van der Waals surface area (Å²) in [5.74, 6) is 1.40. The largest absolute Gasteiger partial charge is 0.464 e. The number of furan rings is 1. The number of Topliss-reactive ketones (excluding diaryl/α,β-unsaturated/α-hetero) is 1. The van der Waals surface area contributed by atoms with Crippen LogP contribution in [0.1, 0.15) is 42.8 Å². The molecule has 1 aliphatic carbocycles. The first-order chi connectivity index (χ1) is 8.16. The van der Waals surface area contributed by atoms with E-state index in [4.69, 9.17) is 9.15 Å². The average Bonchev–Trinajstić information content (AvgIpc) is 2.78. The zero-order chi connectivity index (χ0) is 12.0. The molecule has 90 valence electrons. The molecule has 1 aliphatic heterocycles. The predicted molar refractivity (Wildman–Crippen MR) is 63.8 cm³/mol. The molecule has 1 unspecified atom stereocenters. The van der Waals surface area contributed by atoms with Crippen molar-refractivity contribution in [1.29, 1.82) is 0 Å². The third-order valence-corrected chi connectivity index (χ3v) is 3.67. The van der Waals surface area contributed by atoms with Crippen LogP contribution in [0, 0.1) is 5.92 Å². The summed E-state index contributed by atoms with van der Waals surface area (Å²) in [6, 6.07) is 1.76. The van der Waals surface area contributed by atoms with Gasteiger partial charge >= 0.3 is 0 Å². The van der Waals surface area contributed by atoms with Crippen LogP contribution < -0.4 is 0 Å². The van der Waals surface area contributed by atoms with E-state index in [9.17, 15) is 4.79 Å². The molecular weight excluding hydrogens is 216 g/mol. The van der Waals surface area contributed by atoms with Crippen molar-refractivity contribution < 1.29 is 13.9 Å². The fourth-order valence-corrected chi connectivity index (χ4v) is 2.60. The highest BCUT2D eigenvalue weighted by molar-refractivity contribution is 6.05. The normalized spacial score (nSPS) is 23.9. The first-order valence-electron chi connectivity index (χ1n) is 6.10. The minimum atomic E-state index is 0.178. The Morgan fingerprint density at radius 3 is 3.00 bits per heavy atom. The molecule has 0 bridgehead atoms. The standard InChI is InChI=1S/C14H16O3/c1-8(2)13-6-9-5-12(15)10-3-4-16-14(10)11(9)7-17-13/h3-4,8,13H,5-7H2,1-2H3. The molecule has 2 aliphatic rings. The number of carbonyl (C=O) groups excluding carboxylic acids is 1. The van der Waals surface area contributed by atoms with E-state index in [2.05, 4.69) is 13.8 Å². The van der Waals surface area contributed by atoms with Gasteiger partial charge in [-0.15, -0.1) is 0 Å². The lowest BCUT2D eigenvalue weighted by Crippen LogP contribution is -2.29. The van der Waals surface area contributed by atoms with Crippen molar-refractivity contribution in [2.24, 2.45) is 5.92 Å². The van der Waals surface area contributed by atoms with Gasteiger partial charge in [-0.25, -0.2) is 0 Å². The molecule has 0 aromatic carbocycles. The topological polar surface area (TPSA) is 39.4 Å². The summed E-state index contributed by atoms with van der Waals surface area (Å²) < 4.78 is 11.3. The van der Waals surface area contributed by atoms with Crippen molar-refractivity contribution in [1.82, 2.24) is 0 Å². The van der Waals surface area contributed by atoms with Crippen LogP contribution in [0.15, 0.2) is 22.3 Å². The van der Waals surface area contributed by atoms with Gasteiger partial charge in [0.25, 0.3) is 0 Å². The van der Waals surface area contributed by atoms with Gasteiger partial charge < -0.3 is 9.15 Å². The number of ether oxygens (including phenoxy) is 1. The third-order valence-electron chi connectivity index (χ3n) is 3.67. The highest BCUT2D eigenvalue weighted by Gasteiger charge is 2.33. The molecule has 0 fully saturated rings. The van der Waals surface area contributed by atoms with Crippen LogP contribution in [0.25, 0.3) is 5.57 Å². The van der Waals surface area contributed by atoms with Crippen molar-refractivity contribution in [3.8, 4) is 0 Å². The molecule has 1 aromatic heterocycles. The highest BCUT2D eigenvalue weighted by Crippen LogP contribution is 2.38. The molecule has 1 atom stereocenters. The minimum absolute atomic E-state index is 0.178. The van der Waals surface area contributed by atoms with Gasteiger partial charge in [0.1, 0.15) is 5.76 Å². The smallest absolute Gasteiger partial charge is 0.170 e. The maximum absolute atomic E-state index is 11.9. The molecule has 17 heavy (non-hydrogen) atoms. The summed E-state index contributed by atoms with van der Waals surface area (Å²) in [6.45, 7) is 4.88. The van der Waals surface area contributed by atoms with Gasteiger partial charge in [-0.3, -0.25) is 4.79 Å². The molecule has 0 spiro atoms. The maximum Gasteiger partial charge on any atom is 0.170 e. The molecule has 1 aromatic rings. The summed E-state index contributed by atoms with van der Waals surface area (Å²) >= 11 is 0. The second-order valence-electron chi connectivity index (χ2n) is 5.14. The molecule has 0 saturated carbocycles. The lowest BCUT2D eigenvalue weighted by atomic mass is 9.84. The Morgan fingerprint density at radius 2 is 2.24 bits per heavy atom. The number of hydrogen-bond acceptors (Lipinski definition) is 3. The van der Waals surface area contributed by atoms with E-state index in [1.807, 2.05) is 0 Å². The van der Waals surface area contributed by atoms with Gasteiger partial charge in [-0.1, -0.05) is 19.4 Å². The van der Waals surface area contributed by atoms with Crippen LogP contribution in [0.4, 0.5) is 0 Å². The van der Waals surface area contributed by atoms with Crippen LogP contribution in [-0.2, 0) is 4.74 Å². The average molecular weight is 232 g/mol. The quantitative estimate of drug-likeness (QED) is 0.747. The summed E-state index contributed by atoms with van der Waals surface area (Å²) in [7, 11) is 0.